The van der Waals surface area contributed by atoms with Crippen LogP contribution in [0.25, 0.3) is 0 Å². The summed E-state index contributed by atoms with van der Waals surface area (Å²) in [6, 6.07) is 11.6. The quantitative estimate of drug-likeness (QED) is 0.523. The van der Waals surface area contributed by atoms with E-state index in [1.807, 2.05) is 57.2 Å². The topological polar surface area (TPSA) is 64.1 Å². The van der Waals surface area contributed by atoms with Crippen molar-refractivity contribution >= 4 is 31.9 Å². The second kappa shape index (κ2) is 8.49. The number of halogens is 2. The van der Waals surface area contributed by atoms with Gasteiger partial charge >= 0.3 is 5.69 Å². The molecular formula is C21H20Br2N2O3. The van der Waals surface area contributed by atoms with E-state index in [1.54, 1.807) is 0 Å². The Hall–Kier alpha value is -2.12. The summed E-state index contributed by atoms with van der Waals surface area (Å²) in [5.41, 5.74) is 2.50. The highest BCUT2D eigenvalue weighted by atomic mass is 79.9. The van der Waals surface area contributed by atoms with Crippen LogP contribution in [0.4, 0.5) is 0 Å². The molecule has 0 saturated carbocycles. The molecule has 146 valence electrons. The second-order valence-corrected chi connectivity index (χ2v) is 8.52. The molecule has 0 aliphatic heterocycles. The van der Waals surface area contributed by atoms with Crippen molar-refractivity contribution in [1.29, 1.82) is 0 Å². The molecule has 1 aromatic heterocycles. The zero-order chi connectivity index (χ0) is 20.4. The summed E-state index contributed by atoms with van der Waals surface area (Å²) in [7, 11) is 0. The van der Waals surface area contributed by atoms with Crippen molar-refractivity contribution in [3.63, 3.8) is 0 Å². The lowest BCUT2D eigenvalue weighted by molar-refractivity contribution is 0.413. The van der Waals surface area contributed by atoms with Gasteiger partial charge in [-0.05, 0) is 67.3 Å². The number of rotatable bonds is 5. The Kier molecular flexibility index (Phi) is 6.25. The fourth-order valence-corrected chi connectivity index (χ4v) is 4.54. The Morgan fingerprint density at radius 2 is 1.57 bits per heavy atom. The van der Waals surface area contributed by atoms with E-state index >= 15 is 0 Å². The fraction of sp³-hybridized carbons (Fsp3) is 0.238. The number of aromatic amines is 1. The van der Waals surface area contributed by atoms with Crippen molar-refractivity contribution < 1.29 is 4.74 Å². The molecule has 1 N–H and O–H groups in total. The summed E-state index contributed by atoms with van der Waals surface area (Å²) in [5.74, 6) is 0.874. The second-order valence-electron chi connectivity index (χ2n) is 6.69. The summed E-state index contributed by atoms with van der Waals surface area (Å²) in [6.07, 6.45) is 0.442. The van der Waals surface area contributed by atoms with E-state index in [1.165, 1.54) is 4.57 Å². The molecule has 3 rings (SSSR count). The molecule has 2 aromatic carbocycles. The Morgan fingerprint density at radius 1 is 0.964 bits per heavy atom. The van der Waals surface area contributed by atoms with E-state index in [0.29, 0.717) is 17.7 Å². The Balaban J connectivity index is 2.15. The molecular weight excluding hydrogens is 488 g/mol. The predicted molar refractivity (Wildman–Crippen MR) is 118 cm³/mol. The van der Waals surface area contributed by atoms with Crippen molar-refractivity contribution in [2.45, 2.75) is 33.7 Å². The van der Waals surface area contributed by atoms with Gasteiger partial charge in [-0.2, -0.15) is 0 Å². The summed E-state index contributed by atoms with van der Waals surface area (Å²) < 4.78 is 9.35. The summed E-state index contributed by atoms with van der Waals surface area (Å²) in [4.78, 5) is 27.4. The zero-order valence-electron chi connectivity index (χ0n) is 15.8. The monoisotopic (exact) mass is 506 g/mol. The molecule has 28 heavy (non-hydrogen) atoms. The molecule has 0 fully saturated rings. The first-order valence-corrected chi connectivity index (χ1v) is 10.4. The summed E-state index contributed by atoms with van der Waals surface area (Å²) >= 11 is 6.93. The average molecular weight is 508 g/mol. The van der Waals surface area contributed by atoms with Gasteiger partial charge in [0.2, 0.25) is 5.88 Å². The van der Waals surface area contributed by atoms with Crippen molar-refractivity contribution in [1.82, 2.24) is 9.55 Å². The average Bonchev–Trinajstić information content (AvgIpc) is 2.56. The van der Waals surface area contributed by atoms with Crippen LogP contribution >= 0.6 is 31.9 Å². The number of nitrogens with zero attached hydrogens (tertiary/aromatic N) is 1. The summed E-state index contributed by atoms with van der Waals surface area (Å²) in [5, 5.41) is 0. The number of aryl methyl sites for hydroxylation is 2. The van der Waals surface area contributed by atoms with Gasteiger partial charge in [0.05, 0.1) is 12.1 Å². The van der Waals surface area contributed by atoms with E-state index in [4.69, 9.17) is 4.74 Å². The third kappa shape index (κ3) is 4.64. The molecule has 0 spiro atoms. The third-order valence-electron chi connectivity index (χ3n) is 4.27. The number of hydrogen-bond acceptors (Lipinski definition) is 3. The van der Waals surface area contributed by atoms with Crippen LogP contribution in [0.3, 0.4) is 0 Å². The lowest BCUT2D eigenvalue weighted by atomic mass is 10.1. The molecule has 5 nitrogen and oxygen atoms in total. The Bertz CT molecular complexity index is 1110. The maximum absolute atomic E-state index is 12.6. The Morgan fingerprint density at radius 3 is 2.14 bits per heavy atom. The largest absolute Gasteiger partial charge is 0.440 e. The van der Waals surface area contributed by atoms with Crippen LogP contribution in [0, 0.1) is 13.8 Å². The van der Waals surface area contributed by atoms with Crippen LogP contribution < -0.4 is 16.0 Å². The number of nitrogens with one attached hydrogen (secondary N) is 1. The normalized spacial score (nSPS) is 10.9. The van der Waals surface area contributed by atoms with Crippen LogP contribution in [0.1, 0.15) is 29.2 Å². The van der Waals surface area contributed by atoms with E-state index < -0.39 is 11.2 Å². The van der Waals surface area contributed by atoms with Crippen LogP contribution in [-0.4, -0.2) is 9.55 Å². The van der Waals surface area contributed by atoms with Gasteiger partial charge in [-0.15, -0.1) is 0 Å². The smallest absolute Gasteiger partial charge is 0.331 e. The van der Waals surface area contributed by atoms with E-state index in [9.17, 15) is 9.59 Å². The van der Waals surface area contributed by atoms with E-state index in [0.717, 1.165) is 25.6 Å². The minimum atomic E-state index is -0.502. The number of H-pyrrole nitrogens is 1. The van der Waals surface area contributed by atoms with Crippen molar-refractivity contribution in [3.8, 4) is 11.6 Å². The number of benzene rings is 2. The van der Waals surface area contributed by atoms with Gasteiger partial charge in [0.25, 0.3) is 5.56 Å². The van der Waals surface area contributed by atoms with Crippen LogP contribution in [0.2, 0.25) is 0 Å². The molecule has 0 saturated heterocycles. The number of hydrogen-bond donors (Lipinski definition) is 1. The van der Waals surface area contributed by atoms with Crippen LogP contribution in [-0.2, 0) is 13.0 Å². The number of ether oxygens (including phenoxy) is 1. The molecule has 3 aromatic rings. The van der Waals surface area contributed by atoms with Gasteiger partial charge in [-0.25, -0.2) is 4.79 Å². The first kappa shape index (κ1) is 20.6. The van der Waals surface area contributed by atoms with Crippen LogP contribution in [0.5, 0.6) is 11.6 Å². The van der Waals surface area contributed by atoms with Gasteiger partial charge in [-0.1, -0.05) is 44.8 Å². The van der Waals surface area contributed by atoms with E-state index in [2.05, 4.69) is 36.8 Å². The maximum atomic E-state index is 12.6. The highest BCUT2D eigenvalue weighted by Crippen LogP contribution is 2.27. The van der Waals surface area contributed by atoms with Crippen molar-refractivity contribution in [2.24, 2.45) is 0 Å². The molecule has 7 heteroatoms. The lowest BCUT2D eigenvalue weighted by Gasteiger charge is -2.17. The van der Waals surface area contributed by atoms with E-state index in [-0.39, 0.29) is 12.4 Å². The zero-order valence-corrected chi connectivity index (χ0v) is 19.0. The molecule has 0 radical (unpaired) electrons. The van der Waals surface area contributed by atoms with Gasteiger partial charge in [0.1, 0.15) is 5.75 Å². The molecule has 0 aliphatic carbocycles. The molecule has 0 amide bonds. The fourth-order valence-electron chi connectivity index (χ4n) is 3.15. The summed E-state index contributed by atoms with van der Waals surface area (Å²) in [6.45, 7) is 6.08. The first-order chi connectivity index (χ1) is 13.3. The molecule has 0 bridgehead atoms. The minimum absolute atomic E-state index is 0.265. The molecule has 1 heterocycles. The lowest BCUT2D eigenvalue weighted by Crippen LogP contribution is -2.33. The standard InChI is InChI=1S/C21H20Br2N2O3/c1-4-18-19(26)24-21(27)25(11-14-8-15(22)10-16(23)9-14)20(18)28-17-6-12(2)5-13(3)7-17/h5-10H,4,11H2,1-3H3,(H,24,26,27). The highest BCUT2D eigenvalue weighted by Gasteiger charge is 2.17. The molecule has 0 unspecified atom stereocenters. The van der Waals surface area contributed by atoms with Gasteiger partial charge in [-0.3, -0.25) is 14.3 Å². The number of aromatic nitrogens is 2. The SMILES string of the molecule is CCc1c(Oc2cc(C)cc(C)c2)n(Cc2cc(Br)cc(Br)c2)c(=O)[nH]c1=O. The van der Waals surface area contributed by atoms with Gasteiger partial charge in [0.15, 0.2) is 0 Å². The molecule has 0 aliphatic rings. The van der Waals surface area contributed by atoms with Crippen LogP contribution in [0.15, 0.2) is 54.9 Å². The first-order valence-electron chi connectivity index (χ1n) is 8.84. The third-order valence-corrected chi connectivity index (χ3v) is 5.19. The Labute approximate surface area is 179 Å². The minimum Gasteiger partial charge on any atom is -0.440 e. The van der Waals surface area contributed by atoms with Crippen molar-refractivity contribution in [3.05, 3.63) is 88.4 Å². The van der Waals surface area contributed by atoms with Gasteiger partial charge < -0.3 is 4.74 Å². The highest BCUT2D eigenvalue weighted by molar-refractivity contribution is 9.11. The molecule has 0 atom stereocenters. The maximum Gasteiger partial charge on any atom is 0.331 e. The van der Waals surface area contributed by atoms with Gasteiger partial charge in [0, 0.05) is 8.95 Å². The van der Waals surface area contributed by atoms with Crippen molar-refractivity contribution in [2.75, 3.05) is 0 Å². The predicted octanol–water partition coefficient (Wildman–Crippen LogP) is 5.08.